The normalized spacial score (nSPS) is 49.8. The molecule has 0 saturated heterocycles. The Kier molecular flexibility index (Phi) is 1.15. The Morgan fingerprint density at radius 2 is 1.60 bits per heavy atom. The molecule has 2 heteroatoms. The second-order valence-corrected chi connectivity index (χ2v) is 4.16. The lowest BCUT2D eigenvalue weighted by Gasteiger charge is -2.70. The van der Waals surface area contributed by atoms with E-state index in [1.807, 2.05) is 0 Å². The molecule has 0 aromatic heterocycles. The Hall–Kier alpha value is -0.0800. The zero-order chi connectivity index (χ0) is 7.24. The Morgan fingerprint density at radius 3 is 2.00 bits per heavy atom. The quantitative estimate of drug-likeness (QED) is 0.603. The summed E-state index contributed by atoms with van der Waals surface area (Å²) in [6.07, 6.45) is 4.44. The summed E-state index contributed by atoms with van der Waals surface area (Å²) in [6.45, 7) is 0.682. The summed E-state index contributed by atoms with van der Waals surface area (Å²) in [5.41, 5.74) is 0.784. The molecule has 0 aromatic carbocycles. The molecule has 2 N–H and O–H groups in total. The van der Waals surface area contributed by atoms with Crippen molar-refractivity contribution in [2.45, 2.75) is 25.7 Å². The summed E-state index contributed by atoms with van der Waals surface area (Å²) in [5.74, 6) is 0. The van der Waals surface area contributed by atoms with Crippen LogP contribution in [-0.2, 0) is 0 Å². The minimum absolute atomic E-state index is 0.315. The van der Waals surface area contributed by atoms with E-state index in [-0.39, 0.29) is 0 Å². The van der Waals surface area contributed by atoms with Crippen molar-refractivity contribution in [1.29, 1.82) is 0 Å². The molecule has 3 aliphatic carbocycles. The highest BCUT2D eigenvalue weighted by Crippen LogP contribution is 2.74. The van der Waals surface area contributed by atoms with E-state index in [1.54, 1.807) is 0 Å². The third kappa shape index (κ3) is 0.611. The van der Waals surface area contributed by atoms with Crippen molar-refractivity contribution in [2.24, 2.45) is 10.8 Å². The van der Waals surface area contributed by atoms with E-state index in [1.165, 1.54) is 0 Å². The highest BCUT2D eigenvalue weighted by atomic mass is 16.3. The molecule has 3 aliphatic rings. The Labute approximate surface area is 60.9 Å². The molecule has 0 spiro atoms. The van der Waals surface area contributed by atoms with Crippen molar-refractivity contribution in [2.75, 3.05) is 13.2 Å². The van der Waals surface area contributed by atoms with Crippen LogP contribution in [0.25, 0.3) is 0 Å². The second-order valence-electron chi connectivity index (χ2n) is 4.16. The van der Waals surface area contributed by atoms with Gasteiger partial charge < -0.3 is 10.2 Å². The summed E-state index contributed by atoms with van der Waals surface area (Å²) in [6, 6.07) is 0. The summed E-state index contributed by atoms with van der Waals surface area (Å²) in [5, 5.41) is 17.6. The molecule has 0 heterocycles. The molecule has 0 aromatic rings. The maximum atomic E-state index is 8.90. The van der Waals surface area contributed by atoms with Gasteiger partial charge in [-0.2, -0.15) is 0 Å². The average Bonchev–Trinajstić information content (AvgIpc) is 1.74. The van der Waals surface area contributed by atoms with Gasteiger partial charge in [-0.3, -0.25) is 0 Å². The lowest BCUT2D eigenvalue weighted by atomic mass is 9.34. The fourth-order valence-electron chi connectivity index (χ4n) is 2.90. The molecule has 58 valence electrons. The second kappa shape index (κ2) is 1.74. The lowest BCUT2D eigenvalue weighted by molar-refractivity contribution is -0.229. The maximum absolute atomic E-state index is 8.90. The fourth-order valence-corrected chi connectivity index (χ4v) is 2.90. The summed E-state index contributed by atoms with van der Waals surface area (Å²) < 4.78 is 0. The SMILES string of the molecule is OCCC12CC(CO)(C1)C2. The third-order valence-corrected chi connectivity index (χ3v) is 3.23. The maximum Gasteiger partial charge on any atom is 0.0488 e. The monoisotopic (exact) mass is 142 g/mol. The Morgan fingerprint density at radius 1 is 1.00 bits per heavy atom. The summed E-state index contributed by atoms with van der Waals surface area (Å²) >= 11 is 0. The first-order chi connectivity index (χ1) is 4.74. The Bertz CT molecular complexity index is 134. The van der Waals surface area contributed by atoms with Crippen LogP contribution in [0.2, 0.25) is 0 Å². The van der Waals surface area contributed by atoms with Crippen LogP contribution < -0.4 is 0 Å². The predicted octanol–water partition coefficient (Wildman–Crippen LogP) is 0.531. The molecule has 0 radical (unpaired) electrons. The van der Waals surface area contributed by atoms with E-state index in [0.717, 1.165) is 25.7 Å². The number of aliphatic hydroxyl groups is 2. The van der Waals surface area contributed by atoms with Crippen molar-refractivity contribution in [3.05, 3.63) is 0 Å². The molecule has 3 rings (SSSR count). The molecular formula is C8H14O2. The van der Waals surface area contributed by atoms with Crippen molar-refractivity contribution in [1.82, 2.24) is 0 Å². The van der Waals surface area contributed by atoms with Gasteiger partial charge in [0.05, 0.1) is 0 Å². The minimum atomic E-state index is 0.315. The molecule has 2 nitrogen and oxygen atoms in total. The number of hydrogen-bond donors (Lipinski definition) is 2. The molecule has 0 amide bonds. The van der Waals surface area contributed by atoms with Crippen molar-refractivity contribution >= 4 is 0 Å². The van der Waals surface area contributed by atoms with Gasteiger partial charge in [0, 0.05) is 13.2 Å². The van der Waals surface area contributed by atoms with Crippen LogP contribution >= 0.6 is 0 Å². The van der Waals surface area contributed by atoms with Crippen LogP contribution in [0.3, 0.4) is 0 Å². The van der Waals surface area contributed by atoms with Gasteiger partial charge in [-0.15, -0.1) is 0 Å². The zero-order valence-corrected chi connectivity index (χ0v) is 6.14. The first-order valence-electron chi connectivity index (χ1n) is 3.96. The summed E-state index contributed by atoms with van der Waals surface area (Å²) in [4.78, 5) is 0. The van der Waals surface area contributed by atoms with E-state index >= 15 is 0 Å². The van der Waals surface area contributed by atoms with Gasteiger partial charge in [0.25, 0.3) is 0 Å². The predicted molar refractivity (Wildman–Crippen MR) is 37.5 cm³/mol. The van der Waals surface area contributed by atoms with Gasteiger partial charge in [-0.05, 0) is 36.5 Å². The Balaban J connectivity index is 1.86. The van der Waals surface area contributed by atoms with Crippen molar-refractivity contribution in [3.63, 3.8) is 0 Å². The smallest absolute Gasteiger partial charge is 0.0488 e. The highest BCUT2D eigenvalue weighted by Gasteiger charge is 2.66. The van der Waals surface area contributed by atoms with Crippen LogP contribution in [0.15, 0.2) is 0 Å². The molecule has 3 saturated carbocycles. The van der Waals surface area contributed by atoms with E-state index in [0.29, 0.717) is 24.0 Å². The van der Waals surface area contributed by atoms with E-state index in [4.69, 9.17) is 10.2 Å². The van der Waals surface area contributed by atoms with Gasteiger partial charge in [-0.25, -0.2) is 0 Å². The highest BCUT2D eigenvalue weighted by molar-refractivity contribution is 5.16. The van der Waals surface area contributed by atoms with Crippen molar-refractivity contribution < 1.29 is 10.2 Å². The van der Waals surface area contributed by atoms with Gasteiger partial charge >= 0.3 is 0 Å². The first kappa shape index (κ1) is 6.62. The van der Waals surface area contributed by atoms with Gasteiger partial charge in [0.15, 0.2) is 0 Å². The van der Waals surface area contributed by atoms with E-state index in [2.05, 4.69) is 0 Å². The number of hydrogen-bond acceptors (Lipinski definition) is 2. The molecule has 0 unspecified atom stereocenters. The molecular weight excluding hydrogens is 128 g/mol. The van der Waals surface area contributed by atoms with E-state index < -0.39 is 0 Å². The molecule has 2 bridgehead atoms. The zero-order valence-electron chi connectivity index (χ0n) is 6.14. The molecule has 0 aliphatic heterocycles. The lowest BCUT2D eigenvalue weighted by Crippen LogP contribution is -2.63. The summed E-state index contributed by atoms with van der Waals surface area (Å²) in [7, 11) is 0. The molecule has 10 heavy (non-hydrogen) atoms. The van der Waals surface area contributed by atoms with Gasteiger partial charge in [-0.1, -0.05) is 0 Å². The van der Waals surface area contributed by atoms with Crippen molar-refractivity contribution in [3.8, 4) is 0 Å². The topological polar surface area (TPSA) is 40.5 Å². The fraction of sp³-hybridized carbons (Fsp3) is 1.00. The number of rotatable bonds is 3. The van der Waals surface area contributed by atoms with E-state index in [9.17, 15) is 0 Å². The first-order valence-corrected chi connectivity index (χ1v) is 3.96. The molecule has 0 atom stereocenters. The standard InChI is InChI=1S/C8H14O2/c9-2-1-7-3-8(4-7,5-7)6-10/h9-10H,1-6H2. The number of aliphatic hydroxyl groups excluding tert-OH is 2. The van der Waals surface area contributed by atoms with Crippen LogP contribution in [-0.4, -0.2) is 23.4 Å². The minimum Gasteiger partial charge on any atom is -0.396 e. The van der Waals surface area contributed by atoms with Crippen LogP contribution in [0.4, 0.5) is 0 Å². The van der Waals surface area contributed by atoms with Crippen LogP contribution in [0, 0.1) is 10.8 Å². The van der Waals surface area contributed by atoms with Gasteiger partial charge in [0.1, 0.15) is 0 Å². The molecule has 3 fully saturated rings. The van der Waals surface area contributed by atoms with Gasteiger partial charge in [0.2, 0.25) is 0 Å². The van der Waals surface area contributed by atoms with Crippen LogP contribution in [0.1, 0.15) is 25.7 Å². The third-order valence-electron chi connectivity index (χ3n) is 3.23. The van der Waals surface area contributed by atoms with Crippen LogP contribution in [0.5, 0.6) is 0 Å². The average molecular weight is 142 g/mol. The largest absolute Gasteiger partial charge is 0.396 e.